The molecule has 1 aromatic heterocycles. The van der Waals surface area contributed by atoms with Crippen molar-refractivity contribution in [3.63, 3.8) is 0 Å². The van der Waals surface area contributed by atoms with Crippen LogP contribution < -0.4 is 5.32 Å². The number of rotatable bonds is 3. The van der Waals surface area contributed by atoms with E-state index in [2.05, 4.69) is 10.3 Å². The lowest BCUT2D eigenvalue weighted by Crippen LogP contribution is -2.28. The molecule has 0 fully saturated rings. The minimum atomic E-state index is -1.03. The molecule has 0 aliphatic carbocycles. The maximum atomic E-state index is 11.8. The van der Waals surface area contributed by atoms with Crippen LogP contribution in [0, 0.1) is 0 Å². The summed E-state index contributed by atoms with van der Waals surface area (Å²) >= 11 is 0. The normalized spacial score (nSPS) is 11.6. The molecule has 1 amide bonds. The molecule has 112 valence electrons. The van der Waals surface area contributed by atoms with Gasteiger partial charge in [0.25, 0.3) is 0 Å². The monoisotopic (exact) mass is 289 g/mol. The van der Waals surface area contributed by atoms with E-state index in [0.29, 0.717) is 16.9 Å². The number of hydrogen-bond donors (Lipinski definition) is 2. The Labute approximate surface area is 122 Å². The van der Waals surface area contributed by atoms with E-state index in [1.54, 1.807) is 23.7 Å². The van der Waals surface area contributed by atoms with Gasteiger partial charge in [-0.15, -0.1) is 0 Å². The minimum absolute atomic E-state index is 0.0455. The number of carboxylic acid groups (broad SMARTS) is 1. The third kappa shape index (κ3) is 2.74. The largest absolute Gasteiger partial charge is 0.478 e. The van der Waals surface area contributed by atoms with Gasteiger partial charge in [0, 0.05) is 12.5 Å². The number of aromatic carboxylic acids is 1. The second-order valence-corrected chi connectivity index (χ2v) is 5.92. The highest BCUT2D eigenvalue weighted by atomic mass is 16.4. The molecule has 21 heavy (non-hydrogen) atoms. The number of likely N-dealkylation sites (N-methyl/N-ethyl adjacent to an activating group) is 1. The van der Waals surface area contributed by atoms with Crippen molar-refractivity contribution < 1.29 is 14.7 Å². The predicted molar refractivity (Wildman–Crippen MR) is 79.5 cm³/mol. The summed E-state index contributed by atoms with van der Waals surface area (Å²) in [6.45, 7) is 5.99. The molecule has 2 rings (SSSR count). The van der Waals surface area contributed by atoms with E-state index < -0.39 is 5.97 Å². The van der Waals surface area contributed by atoms with Gasteiger partial charge in [-0.3, -0.25) is 4.79 Å². The van der Waals surface area contributed by atoms with E-state index in [1.807, 2.05) is 20.8 Å². The molecular formula is C15H19N3O3. The lowest BCUT2D eigenvalue weighted by Gasteiger charge is -2.20. The molecule has 6 heteroatoms. The smallest absolute Gasteiger partial charge is 0.337 e. The van der Waals surface area contributed by atoms with Crippen LogP contribution in [0.3, 0.4) is 0 Å². The maximum Gasteiger partial charge on any atom is 0.337 e. The summed E-state index contributed by atoms with van der Waals surface area (Å²) in [7, 11) is 1.55. The highest BCUT2D eigenvalue weighted by Gasteiger charge is 2.26. The molecule has 2 N–H and O–H groups in total. The summed E-state index contributed by atoms with van der Waals surface area (Å²) < 4.78 is 1.69. The molecule has 1 heterocycles. The van der Waals surface area contributed by atoms with Crippen molar-refractivity contribution in [2.45, 2.75) is 32.7 Å². The van der Waals surface area contributed by atoms with Crippen LogP contribution in [0.1, 0.15) is 37.0 Å². The molecule has 0 bridgehead atoms. The third-order valence-corrected chi connectivity index (χ3v) is 3.25. The predicted octanol–water partition coefficient (Wildman–Crippen LogP) is 1.78. The van der Waals surface area contributed by atoms with Crippen LogP contribution in [0.25, 0.3) is 11.0 Å². The van der Waals surface area contributed by atoms with Gasteiger partial charge in [-0.25, -0.2) is 9.78 Å². The SMILES string of the molecule is CNC(=O)Cn1c(C(C)(C)C)nc2cccc(C(=O)O)c21. The molecule has 2 aromatic rings. The Balaban J connectivity index is 2.80. The lowest BCUT2D eigenvalue weighted by atomic mass is 9.95. The summed E-state index contributed by atoms with van der Waals surface area (Å²) in [5.41, 5.74) is 0.921. The van der Waals surface area contributed by atoms with Gasteiger partial charge in [0.2, 0.25) is 5.91 Å². The van der Waals surface area contributed by atoms with Crippen molar-refractivity contribution in [3.05, 3.63) is 29.6 Å². The number of nitrogens with zero attached hydrogens (tertiary/aromatic N) is 2. The first-order chi connectivity index (χ1) is 9.75. The number of aromatic nitrogens is 2. The third-order valence-electron chi connectivity index (χ3n) is 3.25. The van der Waals surface area contributed by atoms with Crippen molar-refractivity contribution in [2.75, 3.05) is 7.05 Å². The Morgan fingerprint density at radius 1 is 1.33 bits per heavy atom. The Bertz CT molecular complexity index is 711. The molecule has 0 atom stereocenters. The Kier molecular flexibility index (Phi) is 3.72. The fourth-order valence-corrected chi connectivity index (χ4v) is 2.31. The van der Waals surface area contributed by atoms with Crippen LogP contribution in [0.4, 0.5) is 0 Å². The van der Waals surface area contributed by atoms with Crippen LogP contribution in [-0.2, 0) is 16.8 Å². The number of para-hydroxylation sites is 1. The van der Waals surface area contributed by atoms with Gasteiger partial charge >= 0.3 is 5.97 Å². The molecule has 1 aromatic carbocycles. The quantitative estimate of drug-likeness (QED) is 0.902. The van der Waals surface area contributed by atoms with E-state index in [0.717, 1.165) is 0 Å². The number of carboxylic acids is 1. The highest BCUT2D eigenvalue weighted by Crippen LogP contribution is 2.28. The zero-order valence-corrected chi connectivity index (χ0v) is 12.6. The fourth-order valence-electron chi connectivity index (χ4n) is 2.31. The minimum Gasteiger partial charge on any atom is -0.478 e. The zero-order chi connectivity index (χ0) is 15.8. The number of hydrogen-bond acceptors (Lipinski definition) is 3. The van der Waals surface area contributed by atoms with Crippen molar-refractivity contribution in [2.24, 2.45) is 0 Å². The standard InChI is InChI=1S/C15H19N3O3/c1-15(2,3)14-17-10-7-5-6-9(13(20)21)12(10)18(14)8-11(19)16-4/h5-7H,8H2,1-4H3,(H,16,19)(H,20,21). The number of nitrogens with one attached hydrogen (secondary N) is 1. The number of carbonyl (C=O) groups excluding carboxylic acids is 1. The summed E-state index contributed by atoms with van der Waals surface area (Å²) in [6.07, 6.45) is 0. The lowest BCUT2D eigenvalue weighted by molar-refractivity contribution is -0.121. The molecule has 0 spiro atoms. The topological polar surface area (TPSA) is 84.2 Å². The van der Waals surface area contributed by atoms with Crippen LogP contribution >= 0.6 is 0 Å². The highest BCUT2D eigenvalue weighted by molar-refractivity contribution is 6.01. The van der Waals surface area contributed by atoms with Crippen molar-refractivity contribution >= 4 is 22.9 Å². The fraction of sp³-hybridized carbons (Fsp3) is 0.400. The van der Waals surface area contributed by atoms with Gasteiger partial charge in [0.15, 0.2) is 0 Å². The number of benzene rings is 1. The molecular weight excluding hydrogens is 270 g/mol. The second-order valence-electron chi connectivity index (χ2n) is 5.92. The first-order valence-corrected chi connectivity index (χ1v) is 6.69. The first kappa shape index (κ1) is 15.0. The summed E-state index contributed by atoms with van der Waals surface area (Å²) in [5.74, 6) is -0.533. The van der Waals surface area contributed by atoms with Gasteiger partial charge in [0.05, 0.1) is 16.6 Å². The summed E-state index contributed by atoms with van der Waals surface area (Å²) in [4.78, 5) is 27.7. The van der Waals surface area contributed by atoms with Gasteiger partial charge in [-0.05, 0) is 12.1 Å². The maximum absolute atomic E-state index is 11.8. The number of imidazole rings is 1. The molecule has 6 nitrogen and oxygen atoms in total. The second kappa shape index (κ2) is 5.20. The van der Waals surface area contributed by atoms with Gasteiger partial charge in [0.1, 0.15) is 12.4 Å². The molecule has 0 aliphatic rings. The van der Waals surface area contributed by atoms with Crippen molar-refractivity contribution in [1.82, 2.24) is 14.9 Å². The molecule has 0 saturated heterocycles. The first-order valence-electron chi connectivity index (χ1n) is 6.69. The summed E-state index contributed by atoms with van der Waals surface area (Å²) in [5, 5.41) is 11.9. The average molecular weight is 289 g/mol. The Morgan fingerprint density at radius 3 is 2.52 bits per heavy atom. The van der Waals surface area contributed by atoms with E-state index >= 15 is 0 Å². The molecule has 0 aliphatic heterocycles. The van der Waals surface area contributed by atoms with E-state index in [-0.39, 0.29) is 23.4 Å². The van der Waals surface area contributed by atoms with Crippen LogP contribution in [0.2, 0.25) is 0 Å². The van der Waals surface area contributed by atoms with Gasteiger partial charge in [-0.2, -0.15) is 0 Å². The average Bonchev–Trinajstić information content (AvgIpc) is 2.77. The molecule has 0 radical (unpaired) electrons. The Hall–Kier alpha value is -2.37. The van der Waals surface area contributed by atoms with Crippen LogP contribution in [0.15, 0.2) is 18.2 Å². The van der Waals surface area contributed by atoms with Gasteiger partial charge in [-0.1, -0.05) is 26.8 Å². The zero-order valence-electron chi connectivity index (χ0n) is 12.6. The molecule has 0 unspecified atom stereocenters. The van der Waals surface area contributed by atoms with Crippen molar-refractivity contribution in [1.29, 1.82) is 0 Å². The van der Waals surface area contributed by atoms with E-state index in [4.69, 9.17) is 0 Å². The van der Waals surface area contributed by atoms with E-state index in [1.165, 1.54) is 6.07 Å². The Morgan fingerprint density at radius 2 is 2.00 bits per heavy atom. The number of amides is 1. The number of carbonyl (C=O) groups is 2. The van der Waals surface area contributed by atoms with Crippen LogP contribution in [-0.4, -0.2) is 33.6 Å². The van der Waals surface area contributed by atoms with Gasteiger partial charge < -0.3 is 15.0 Å². The van der Waals surface area contributed by atoms with Crippen LogP contribution in [0.5, 0.6) is 0 Å². The number of fused-ring (bicyclic) bond motifs is 1. The summed E-state index contributed by atoms with van der Waals surface area (Å²) in [6, 6.07) is 4.95. The van der Waals surface area contributed by atoms with E-state index in [9.17, 15) is 14.7 Å². The molecule has 0 saturated carbocycles. The van der Waals surface area contributed by atoms with Crippen molar-refractivity contribution in [3.8, 4) is 0 Å².